The molecule has 0 aliphatic rings. The monoisotopic (exact) mass is 383 g/mol. The third-order valence-corrected chi connectivity index (χ3v) is 3.76. The Labute approximate surface area is 127 Å². The summed E-state index contributed by atoms with van der Waals surface area (Å²) >= 11 is 6.68. The van der Waals surface area contributed by atoms with Crippen molar-refractivity contribution in [3.63, 3.8) is 0 Å². The lowest BCUT2D eigenvalue weighted by molar-refractivity contribution is 0.0950. The Morgan fingerprint density at radius 3 is 2.58 bits per heavy atom. The number of hydrogen-bond acceptors (Lipinski definition) is 2. The summed E-state index contributed by atoms with van der Waals surface area (Å²) in [6, 6.07) is 12.3. The molecule has 0 radical (unpaired) electrons. The van der Waals surface area contributed by atoms with Crippen LogP contribution < -0.4 is 5.32 Å². The van der Waals surface area contributed by atoms with E-state index < -0.39 is 0 Å². The fourth-order valence-corrected chi connectivity index (χ4v) is 2.83. The summed E-state index contributed by atoms with van der Waals surface area (Å²) in [4.78, 5) is 12.0. The van der Waals surface area contributed by atoms with Gasteiger partial charge in [-0.05, 0) is 40.2 Å². The first-order valence-electron chi connectivity index (χ1n) is 5.58. The van der Waals surface area contributed by atoms with E-state index in [1.165, 1.54) is 0 Å². The molecule has 2 aromatic rings. The molecule has 5 heteroatoms. The summed E-state index contributed by atoms with van der Waals surface area (Å²) in [5, 5.41) is 12.4. The third kappa shape index (κ3) is 3.58. The first kappa shape index (κ1) is 14.1. The molecule has 19 heavy (non-hydrogen) atoms. The highest BCUT2D eigenvalue weighted by Gasteiger charge is 2.10. The van der Waals surface area contributed by atoms with Crippen LogP contribution in [0.1, 0.15) is 15.9 Å². The highest BCUT2D eigenvalue weighted by Crippen LogP contribution is 2.22. The molecule has 0 saturated heterocycles. The Kier molecular flexibility index (Phi) is 4.61. The van der Waals surface area contributed by atoms with Gasteiger partial charge >= 0.3 is 0 Å². The number of phenols is 1. The lowest BCUT2D eigenvalue weighted by atomic mass is 10.2. The van der Waals surface area contributed by atoms with Crippen LogP contribution in [-0.4, -0.2) is 11.0 Å². The van der Waals surface area contributed by atoms with E-state index in [4.69, 9.17) is 0 Å². The fourth-order valence-electron chi connectivity index (χ4n) is 1.60. The standard InChI is InChI=1S/C14H11Br2NO2/c15-10-5-6-11(12(16)7-10)14(19)17-8-9-3-1-2-4-13(9)18/h1-7,18H,8H2,(H,17,19). The summed E-state index contributed by atoms with van der Waals surface area (Å²) in [6.45, 7) is 0.286. The lowest BCUT2D eigenvalue weighted by Gasteiger charge is -2.08. The second-order valence-electron chi connectivity index (χ2n) is 3.94. The molecule has 98 valence electrons. The Morgan fingerprint density at radius 1 is 1.16 bits per heavy atom. The summed E-state index contributed by atoms with van der Waals surface area (Å²) in [5.74, 6) is -0.0136. The van der Waals surface area contributed by atoms with Gasteiger partial charge in [-0.25, -0.2) is 0 Å². The molecule has 0 spiro atoms. The predicted octanol–water partition coefficient (Wildman–Crippen LogP) is 3.85. The van der Waals surface area contributed by atoms with E-state index in [9.17, 15) is 9.90 Å². The third-order valence-electron chi connectivity index (χ3n) is 2.61. The minimum atomic E-state index is -0.192. The fraction of sp³-hybridized carbons (Fsp3) is 0.0714. The van der Waals surface area contributed by atoms with Gasteiger partial charge in [-0.15, -0.1) is 0 Å². The van der Waals surface area contributed by atoms with E-state index in [1.807, 2.05) is 12.1 Å². The largest absolute Gasteiger partial charge is 0.508 e. The molecule has 0 aromatic heterocycles. The number of nitrogens with one attached hydrogen (secondary N) is 1. The van der Waals surface area contributed by atoms with Crippen molar-refractivity contribution in [1.29, 1.82) is 0 Å². The minimum absolute atomic E-state index is 0.178. The van der Waals surface area contributed by atoms with E-state index in [0.717, 1.165) is 8.95 Å². The van der Waals surface area contributed by atoms with Crippen molar-refractivity contribution >= 4 is 37.8 Å². The number of hydrogen-bond donors (Lipinski definition) is 2. The zero-order chi connectivity index (χ0) is 13.8. The van der Waals surface area contributed by atoms with Crippen LogP contribution in [0.3, 0.4) is 0 Å². The van der Waals surface area contributed by atoms with Crippen molar-refractivity contribution in [3.8, 4) is 5.75 Å². The molecule has 2 aromatic carbocycles. The van der Waals surface area contributed by atoms with E-state index in [2.05, 4.69) is 37.2 Å². The number of halogens is 2. The number of carbonyl (C=O) groups excluding carboxylic acids is 1. The van der Waals surface area contributed by atoms with Gasteiger partial charge in [-0.3, -0.25) is 4.79 Å². The lowest BCUT2D eigenvalue weighted by Crippen LogP contribution is -2.23. The second kappa shape index (κ2) is 6.21. The topological polar surface area (TPSA) is 49.3 Å². The highest BCUT2D eigenvalue weighted by molar-refractivity contribution is 9.11. The number of aromatic hydroxyl groups is 1. The molecule has 0 atom stereocenters. The van der Waals surface area contributed by atoms with Gasteiger partial charge in [0.15, 0.2) is 0 Å². The van der Waals surface area contributed by atoms with E-state index in [1.54, 1.807) is 30.3 Å². The molecule has 2 N–H and O–H groups in total. The summed E-state index contributed by atoms with van der Waals surface area (Å²) in [6.07, 6.45) is 0. The van der Waals surface area contributed by atoms with Crippen molar-refractivity contribution in [2.24, 2.45) is 0 Å². The van der Waals surface area contributed by atoms with Crippen molar-refractivity contribution in [2.75, 3.05) is 0 Å². The number of para-hydroxylation sites is 1. The van der Waals surface area contributed by atoms with Gasteiger partial charge in [0.2, 0.25) is 0 Å². The van der Waals surface area contributed by atoms with E-state index >= 15 is 0 Å². The molecule has 2 rings (SSSR count). The van der Waals surface area contributed by atoms with Crippen molar-refractivity contribution in [3.05, 3.63) is 62.5 Å². The molecular weight excluding hydrogens is 374 g/mol. The van der Waals surface area contributed by atoms with Gasteiger partial charge in [0.1, 0.15) is 5.75 Å². The van der Waals surface area contributed by atoms with Crippen molar-refractivity contribution in [1.82, 2.24) is 5.32 Å². The van der Waals surface area contributed by atoms with Gasteiger partial charge in [0.05, 0.1) is 5.56 Å². The van der Waals surface area contributed by atoms with Gasteiger partial charge in [-0.1, -0.05) is 34.1 Å². The molecular formula is C14H11Br2NO2. The average molecular weight is 385 g/mol. The minimum Gasteiger partial charge on any atom is -0.508 e. The number of carbonyl (C=O) groups is 1. The van der Waals surface area contributed by atoms with E-state index in [-0.39, 0.29) is 18.2 Å². The smallest absolute Gasteiger partial charge is 0.252 e. The van der Waals surface area contributed by atoms with Gasteiger partial charge in [0, 0.05) is 21.1 Å². The summed E-state index contributed by atoms with van der Waals surface area (Å²) in [5.41, 5.74) is 1.24. The van der Waals surface area contributed by atoms with E-state index in [0.29, 0.717) is 11.1 Å². The van der Waals surface area contributed by atoms with Crippen LogP contribution in [0.5, 0.6) is 5.75 Å². The molecule has 0 unspecified atom stereocenters. The van der Waals surface area contributed by atoms with Crippen LogP contribution in [0.15, 0.2) is 51.4 Å². The summed E-state index contributed by atoms with van der Waals surface area (Å²) in [7, 11) is 0. The van der Waals surface area contributed by atoms with Crippen LogP contribution in [-0.2, 0) is 6.54 Å². The molecule has 0 aliphatic heterocycles. The molecule has 0 aliphatic carbocycles. The zero-order valence-corrected chi connectivity index (χ0v) is 13.0. The Hall–Kier alpha value is -1.33. The normalized spacial score (nSPS) is 10.2. The molecule has 0 saturated carbocycles. The number of benzene rings is 2. The van der Waals surface area contributed by atoms with Crippen LogP contribution >= 0.6 is 31.9 Å². The van der Waals surface area contributed by atoms with Gasteiger partial charge in [0.25, 0.3) is 5.91 Å². The molecule has 3 nitrogen and oxygen atoms in total. The van der Waals surface area contributed by atoms with Gasteiger partial charge in [-0.2, -0.15) is 0 Å². The predicted molar refractivity (Wildman–Crippen MR) is 81.1 cm³/mol. The Bertz CT molecular complexity index is 614. The molecule has 0 fully saturated rings. The Morgan fingerprint density at radius 2 is 1.89 bits per heavy atom. The van der Waals surface area contributed by atoms with Crippen molar-refractivity contribution in [2.45, 2.75) is 6.54 Å². The maximum Gasteiger partial charge on any atom is 0.252 e. The maximum atomic E-state index is 12.0. The average Bonchev–Trinajstić information content (AvgIpc) is 2.37. The zero-order valence-electron chi connectivity index (χ0n) is 9.86. The molecule has 0 heterocycles. The SMILES string of the molecule is O=C(NCc1ccccc1O)c1ccc(Br)cc1Br. The van der Waals surface area contributed by atoms with Crippen LogP contribution in [0.2, 0.25) is 0 Å². The van der Waals surface area contributed by atoms with Crippen molar-refractivity contribution < 1.29 is 9.90 Å². The highest BCUT2D eigenvalue weighted by atomic mass is 79.9. The number of rotatable bonds is 3. The van der Waals surface area contributed by atoms with Crippen LogP contribution in [0.4, 0.5) is 0 Å². The number of amides is 1. The maximum absolute atomic E-state index is 12.0. The van der Waals surface area contributed by atoms with Crippen LogP contribution in [0, 0.1) is 0 Å². The summed E-state index contributed by atoms with van der Waals surface area (Å²) < 4.78 is 1.62. The van der Waals surface area contributed by atoms with Crippen LogP contribution in [0.25, 0.3) is 0 Å². The Balaban J connectivity index is 2.08. The quantitative estimate of drug-likeness (QED) is 0.844. The number of phenolic OH excluding ortho intramolecular Hbond substituents is 1. The second-order valence-corrected chi connectivity index (χ2v) is 5.71. The molecule has 0 bridgehead atoms. The first-order valence-corrected chi connectivity index (χ1v) is 7.16. The molecule has 1 amide bonds. The van der Waals surface area contributed by atoms with Gasteiger partial charge < -0.3 is 10.4 Å². The first-order chi connectivity index (χ1) is 9.08.